The molecule has 0 aliphatic carbocycles. The summed E-state index contributed by atoms with van der Waals surface area (Å²) in [7, 11) is 1.61. The Hall–Kier alpha value is -2.13. The van der Waals surface area contributed by atoms with Crippen LogP contribution in [-0.2, 0) is 9.53 Å². The van der Waals surface area contributed by atoms with E-state index in [1.54, 1.807) is 7.11 Å². The van der Waals surface area contributed by atoms with Gasteiger partial charge in [-0.3, -0.25) is 4.79 Å². The van der Waals surface area contributed by atoms with Crippen molar-refractivity contribution in [1.82, 2.24) is 4.90 Å². The van der Waals surface area contributed by atoms with Crippen molar-refractivity contribution in [1.29, 1.82) is 0 Å². The van der Waals surface area contributed by atoms with Gasteiger partial charge in [0.05, 0.1) is 0 Å². The normalized spacial score (nSPS) is 18.8. The quantitative estimate of drug-likeness (QED) is 0.828. The molecule has 0 radical (unpaired) electrons. The number of ether oxygens (including phenoxy) is 1. The van der Waals surface area contributed by atoms with Gasteiger partial charge in [-0.1, -0.05) is 48.5 Å². The monoisotopic (exact) mass is 337 g/mol. The van der Waals surface area contributed by atoms with Crippen LogP contribution in [0.4, 0.5) is 0 Å². The molecule has 1 amide bonds. The molecule has 3 rings (SSSR count). The van der Waals surface area contributed by atoms with Crippen molar-refractivity contribution in [3.05, 3.63) is 70.8 Å². The van der Waals surface area contributed by atoms with E-state index < -0.39 is 6.10 Å². The highest BCUT2D eigenvalue weighted by atomic mass is 16.5. The summed E-state index contributed by atoms with van der Waals surface area (Å²) in [6.45, 7) is 5.88. The zero-order chi connectivity index (χ0) is 17.8. The lowest BCUT2D eigenvalue weighted by Crippen LogP contribution is -2.42. The van der Waals surface area contributed by atoms with Gasteiger partial charge in [0.15, 0.2) is 6.10 Å². The molecule has 0 saturated carbocycles. The van der Waals surface area contributed by atoms with E-state index in [9.17, 15) is 4.79 Å². The summed E-state index contributed by atoms with van der Waals surface area (Å²) in [5.41, 5.74) is 4.90. The third-order valence-corrected chi connectivity index (χ3v) is 5.30. The minimum atomic E-state index is -0.514. The van der Waals surface area contributed by atoms with Crippen molar-refractivity contribution in [2.75, 3.05) is 20.2 Å². The van der Waals surface area contributed by atoms with E-state index in [4.69, 9.17) is 4.74 Å². The zero-order valence-corrected chi connectivity index (χ0v) is 15.4. The summed E-state index contributed by atoms with van der Waals surface area (Å²) >= 11 is 0. The largest absolute Gasteiger partial charge is 0.367 e. The Balaban J connectivity index is 1.76. The highest BCUT2D eigenvalue weighted by molar-refractivity contribution is 5.82. The van der Waals surface area contributed by atoms with Crippen molar-refractivity contribution in [3.8, 4) is 0 Å². The van der Waals surface area contributed by atoms with Gasteiger partial charge in [-0.05, 0) is 48.9 Å². The van der Waals surface area contributed by atoms with Gasteiger partial charge in [0, 0.05) is 26.1 Å². The van der Waals surface area contributed by atoms with E-state index in [0.29, 0.717) is 5.92 Å². The van der Waals surface area contributed by atoms with Crippen molar-refractivity contribution >= 4 is 5.91 Å². The molecule has 1 aliphatic heterocycles. The number of carbonyl (C=O) groups excluding carboxylic acids is 1. The highest BCUT2D eigenvalue weighted by Crippen LogP contribution is 2.30. The number of hydrogen-bond acceptors (Lipinski definition) is 2. The molecule has 2 aromatic carbocycles. The van der Waals surface area contributed by atoms with Crippen LogP contribution in [0.25, 0.3) is 0 Å². The molecule has 1 aliphatic rings. The Morgan fingerprint density at radius 1 is 1.12 bits per heavy atom. The molecule has 2 atom stereocenters. The molecule has 1 heterocycles. The molecular formula is C22H27NO2. The van der Waals surface area contributed by atoms with E-state index in [0.717, 1.165) is 31.5 Å². The Morgan fingerprint density at radius 3 is 2.56 bits per heavy atom. The Kier molecular flexibility index (Phi) is 5.54. The van der Waals surface area contributed by atoms with Gasteiger partial charge in [-0.15, -0.1) is 0 Å². The zero-order valence-electron chi connectivity index (χ0n) is 15.4. The molecule has 0 bridgehead atoms. The molecule has 3 nitrogen and oxygen atoms in total. The maximum absolute atomic E-state index is 13.0. The van der Waals surface area contributed by atoms with Crippen molar-refractivity contribution < 1.29 is 9.53 Å². The van der Waals surface area contributed by atoms with Gasteiger partial charge >= 0.3 is 0 Å². The maximum atomic E-state index is 13.0. The van der Waals surface area contributed by atoms with Crippen LogP contribution in [0.3, 0.4) is 0 Å². The molecule has 0 aromatic heterocycles. The average molecular weight is 337 g/mol. The minimum absolute atomic E-state index is 0.0715. The number of aryl methyl sites for hydroxylation is 2. The standard InChI is InChI=1S/C22H27NO2/c1-16-11-12-19(14-17(16)2)20-10-7-13-23(15-20)22(24)21(25-3)18-8-5-4-6-9-18/h4-6,8-9,11-12,14,20-21H,7,10,13,15H2,1-3H3/t20-,21-/m1/s1. The number of nitrogens with zero attached hydrogens (tertiary/aromatic N) is 1. The van der Waals surface area contributed by atoms with Gasteiger partial charge in [-0.2, -0.15) is 0 Å². The molecule has 132 valence electrons. The number of piperidine rings is 1. The Bertz CT molecular complexity index is 726. The summed E-state index contributed by atoms with van der Waals surface area (Å²) in [4.78, 5) is 15.0. The minimum Gasteiger partial charge on any atom is -0.367 e. The second-order valence-electron chi connectivity index (χ2n) is 6.99. The number of rotatable bonds is 4. The van der Waals surface area contributed by atoms with Crippen LogP contribution in [0, 0.1) is 13.8 Å². The van der Waals surface area contributed by atoms with E-state index in [1.165, 1.54) is 16.7 Å². The van der Waals surface area contributed by atoms with Crippen molar-refractivity contribution in [2.24, 2.45) is 0 Å². The first kappa shape index (κ1) is 17.7. The summed E-state index contributed by atoms with van der Waals surface area (Å²) in [6.07, 6.45) is 1.66. The number of benzene rings is 2. The fraction of sp³-hybridized carbons (Fsp3) is 0.409. The van der Waals surface area contributed by atoms with Crippen LogP contribution in [0.15, 0.2) is 48.5 Å². The van der Waals surface area contributed by atoms with Crippen LogP contribution < -0.4 is 0 Å². The van der Waals surface area contributed by atoms with E-state index >= 15 is 0 Å². The molecule has 0 unspecified atom stereocenters. The SMILES string of the molecule is CO[C@@H](C(=O)N1CCC[C@@H](c2ccc(C)c(C)c2)C1)c1ccccc1. The van der Waals surface area contributed by atoms with Gasteiger partial charge in [0.1, 0.15) is 0 Å². The lowest BCUT2D eigenvalue weighted by atomic mass is 9.88. The van der Waals surface area contributed by atoms with E-state index in [2.05, 4.69) is 32.0 Å². The van der Waals surface area contributed by atoms with Gasteiger partial charge in [0.25, 0.3) is 5.91 Å². The fourth-order valence-corrected chi connectivity index (χ4v) is 3.64. The third kappa shape index (κ3) is 3.93. The second kappa shape index (κ2) is 7.83. The van der Waals surface area contributed by atoms with Gasteiger partial charge < -0.3 is 9.64 Å². The number of likely N-dealkylation sites (tertiary alicyclic amines) is 1. The van der Waals surface area contributed by atoms with Crippen LogP contribution in [0.5, 0.6) is 0 Å². The lowest BCUT2D eigenvalue weighted by molar-refractivity contribution is -0.143. The van der Waals surface area contributed by atoms with Crippen molar-refractivity contribution in [2.45, 2.75) is 38.7 Å². The smallest absolute Gasteiger partial charge is 0.256 e. The predicted molar refractivity (Wildman–Crippen MR) is 101 cm³/mol. The molecular weight excluding hydrogens is 310 g/mol. The Labute approximate surface area is 150 Å². The number of carbonyl (C=O) groups is 1. The molecule has 25 heavy (non-hydrogen) atoms. The van der Waals surface area contributed by atoms with Gasteiger partial charge in [-0.25, -0.2) is 0 Å². The second-order valence-corrected chi connectivity index (χ2v) is 6.99. The fourth-order valence-electron chi connectivity index (χ4n) is 3.64. The first-order valence-corrected chi connectivity index (χ1v) is 9.04. The topological polar surface area (TPSA) is 29.5 Å². The van der Waals surface area contributed by atoms with Crippen LogP contribution >= 0.6 is 0 Å². The van der Waals surface area contributed by atoms with Gasteiger partial charge in [0.2, 0.25) is 0 Å². The van der Waals surface area contributed by atoms with E-state index in [-0.39, 0.29) is 5.91 Å². The summed E-state index contributed by atoms with van der Waals surface area (Å²) in [5, 5.41) is 0. The van der Waals surface area contributed by atoms with Crippen LogP contribution in [-0.4, -0.2) is 31.0 Å². The predicted octanol–water partition coefficient (Wildman–Crippen LogP) is 4.40. The third-order valence-electron chi connectivity index (χ3n) is 5.30. The average Bonchev–Trinajstić information content (AvgIpc) is 2.65. The summed E-state index contributed by atoms with van der Waals surface area (Å²) in [6, 6.07) is 16.4. The number of hydrogen-bond donors (Lipinski definition) is 0. The first-order valence-electron chi connectivity index (χ1n) is 9.04. The molecule has 1 saturated heterocycles. The van der Waals surface area contributed by atoms with Crippen LogP contribution in [0.2, 0.25) is 0 Å². The molecule has 0 spiro atoms. The first-order chi connectivity index (χ1) is 12.1. The molecule has 2 aromatic rings. The summed E-state index contributed by atoms with van der Waals surface area (Å²) in [5.74, 6) is 0.479. The number of amides is 1. The number of methoxy groups -OCH3 is 1. The molecule has 3 heteroatoms. The maximum Gasteiger partial charge on any atom is 0.256 e. The lowest BCUT2D eigenvalue weighted by Gasteiger charge is -2.35. The van der Waals surface area contributed by atoms with Crippen LogP contribution in [0.1, 0.15) is 47.1 Å². The van der Waals surface area contributed by atoms with E-state index in [1.807, 2.05) is 35.2 Å². The summed E-state index contributed by atoms with van der Waals surface area (Å²) < 4.78 is 5.54. The highest BCUT2D eigenvalue weighted by Gasteiger charge is 2.30. The van der Waals surface area contributed by atoms with Crippen molar-refractivity contribution in [3.63, 3.8) is 0 Å². The molecule has 1 fully saturated rings. The Morgan fingerprint density at radius 2 is 1.88 bits per heavy atom. The molecule has 0 N–H and O–H groups in total.